The van der Waals surface area contributed by atoms with Gasteiger partial charge >= 0.3 is 0 Å². The number of methoxy groups -OCH3 is 2. The van der Waals surface area contributed by atoms with Crippen molar-refractivity contribution in [3.63, 3.8) is 0 Å². The zero-order valence-corrected chi connectivity index (χ0v) is 15.8. The van der Waals surface area contributed by atoms with Crippen LogP contribution in [0.1, 0.15) is 12.5 Å². The number of hydrogen-bond acceptors (Lipinski definition) is 3. The third-order valence-electron chi connectivity index (χ3n) is 4.85. The van der Waals surface area contributed by atoms with Gasteiger partial charge in [0.05, 0.1) is 14.2 Å². The summed E-state index contributed by atoms with van der Waals surface area (Å²) < 4.78 is 13.0. The maximum Gasteiger partial charge on any atom is 0.144 e. The average molecular weight is 358 g/mol. The number of fused-ring (bicyclic) bond motifs is 3. The molecular formula is C23H22N2O2. The van der Waals surface area contributed by atoms with Gasteiger partial charge < -0.3 is 14.0 Å². The van der Waals surface area contributed by atoms with Crippen LogP contribution >= 0.6 is 0 Å². The number of para-hydroxylation sites is 1. The molecule has 0 N–H and O–H groups in total. The highest BCUT2D eigenvalue weighted by Gasteiger charge is 2.09. The maximum atomic E-state index is 5.41. The Morgan fingerprint density at radius 2 is 1.70 bits per heavy atom. The number of aryl methyl sites for hydroxylation is 1. The third kappa shape index (κ3) is 3.04. The fourth-order valence-electron chi connectivity index (χ4n) is 3.53. The summed E-state index contributed by atoms with van der Waals surface area (Å²) in [5, 5.41) is 2.51. The molecule has 4 rings (SSSR count). The molecular weight excluding hydrogens is 336 g/mol. The second-order valence-corrected chi connectivity index (χ2v) is 6.33. The van der Waals surface area contributed by atoms with Crippen LogP contribution in [0.3, 0.4) is 0 Å². The second kappa shape index (κ2) is 7.16. The van der Waals surface area contributed by atoms with Gasteiger partial charge in [0.15, 0.2) is 0 Å². The molecule has 0 spiro atoms. The highest BCUT2D eigenvalue weighted by Crippen LogP contribution is 2.32. The first-order valence-corrected chi connectivity index (χ1v) is 9.02. The minimum atomic E-state index is 0.718. The van der Waals surface area contributed by atoms with Crippen molar-refractivity contribution >= 4 is 33.7 Å². The van der Waals surface area contributed by atoms with Crippen LogP contribution in [0.2, 0.25) is 0 Å². The molecule has 1 aromatic heterocycles. The smallest absolute Gasteiger partial charge is 0.144 e. The Hall–Kier alpha value is -3.27. The summed E-state index contributed by atoms with van der Waals surface area (Å²) in [5.41, 5.74) is 4.30. The highest BCUT2D eigenvalue weighted by atomic mass is 16.5. The lowest BCUT2D eigenvalue weighted by molar-refractivity contribution is 0.404. The van der Waals surface area contributed by atoms with E-state index in [4.69, 9.17) is 9.47 Å². The van der Waals surface area contributed by atoms with Gasteiger partial charge in [-0.2, -0.15) is 0 Å². The molecule has 3 aromatic carbocycles. The second-order valence-electron chi connectivity index (χ2n) is 6.33. The summed E-state index contributed by atoms with van der Waals surface area (Å²) in [5.74, 6) is 1.47. The molecule has 0 fully saturated rings. The first-order valence-electron chi connectivity index (χ1n) is 9.02. The fraction of sp³-hybridized carbons (Fsp3) is 0.174. The summed E-state index contributed by atoms with van der Waals surface area (Å²) in [6.07, 6.45) is 1.87. The lowest BCUT2D eigenvalue weighted by Crippen LogP contribution is -1.92. The van der Waals surface area contributed by atoms with E-state index in [9.17, 15) is 0 Å². The van der Waals surface area contributed by atoms with Crippen LogP contribution in [-0.4, -0.2) is 25.0 Å². The molecule has 0 saturated carbocycles. The van der Waals surface area contributed by atoms with Gasteiger partial charge in [-0.3, -0.25) is 4.99 Å². The summed E-state index contributed by atoms with van der Waals surface area (Å²) in [4.78, 5) is 4.63. The summed E-state index contributed by atoms with van der Waals surface area (Å²) in [7, 11) is 3.29. The molecule has 0 aliphatic carbocycles. The van der Waals surface area contributed by atoms with Gasteiger partial charge in [0.1, 0.15) is 17.2 Å². The van der Waals surface area contributed by atoms with Gasteiger partial charge in [0.25, 0.3) is 0 Å². The van der Waals surface area contributed by atoms with E-state index in [1.807, 2.05) is 24.4 Å². The van der Waals surface area contributed by atoms with Gasteiger partial charge in [-0.25, -0.2) is 0 Å². The van der Waals surface area contributed by atoms with Crippen molar-refractivity contribution in [2.24, 2.45) is 4.99 Å². The summed E-state index contributed by atoms with van der Waals surface area (Å²) >= 11 is 0. The first kappa shape index (κ1) is 17.2. The number of benzene rings is 3. The van der Waals surface area contributed by atoms with Crippen molar-refractivity contribution in [2.75, 3.05) is 14.2 Å². The molecule has 0 atom stereocenters. The van der Waals surface area contributed by atoms with Crippen LogP contribution in [-0.2, 0) is 6.54 Å². The molecule has 0 aliphatic heterocycles. The topological polar surface area (TPSA) is 35.8 Å². The van der Waals surface area contributed by atoms with Gasteiger partial charge in [-0.15, -0.1) is 0 Å². The van der Waals surface area contributed by atoms with Crippen molar-refractivity contribution in [1.29, 1.82) is 0 Å². The monoisotopic (exact) mass is 358 g/mol. The molecule has 4 nitrogen and oxygen atoms in total. The van der Waals surface area contributed by atoms with Crippen molar-refractivity contribution in [2.45, 2.75) is 13.5 Å². The zero-order chi connectivity index (χ0) is 18.8. The summed E-state index contributed by atoms with van der Waals surface area (Å²) in [6.45, 7) is 3.12. The Morgan fingerprint density at radius 3 is 2.48 bits per heavy atom. The maximum absolute atomic E-state index is 5.41. The molecule has 4 heteroatoms. The number of rotatable bonds is 5. The summed E-state index contributed by atoms with van der Waals surface area (Å²) in [6, 6.07) is 20.6. The number of hydrogen-bond donors (Lipinski definition) is 0. The first-order chi connectivity index (χ1) is 13.2. The van der Waals surface area contributed by atoms with Gasteiger partial charge in [0, 0.05) is 40.6 Å². The van der Waals surface area contributed by atoms with E-state index in [1.165, 1.54) is 21.8 Å². The van der Waals surface area contributed by atoms with Gasteiger partial charge in [-0.05, 0) is 42.8 Å². The zero-order valence-electron chi connectivity index (χ0n) is 15.8. The van der Waals surface area contributed by atoms with E-state index < -0.39 is 0 Å². The van der Waals surface area contributed by atoms with E-state index >= 15 is 0 Å². The number of ether oxygens (including phenoxy) is 2. The highest BCUT2D eigenvalue weighted by molar-refractivity contribution is 6.09. The Balaban J connectivity index is 1.79. The largest absolute Gasteiger partial charge is 0.497 e. The lowest BCUT2D eigenvalue weighted by atomic mass is 10.1. The SMILES string of the molecule is CCn1c2ccccc2c2cc(C=Nc3cc(OC)ccc3OC)ccc21. The molecule has 0 unspecified atom stereocenters. The van der Waals surface area contributed by atoms with E-state index in [0.29, 0.717) is 0 Å². The van der Waals surface area contributed by atoms with Crippen molar-refractivity contribution < 1.29 is 9.47 Å². The number of aliphatic imine (C=N–C) groups is 1. The van der Waals surface area contributed by atoms with Crippen LogP contribution < -0.4 is 9.47 Å². The standard InChI is InChI=1S/C23H22N2O2/c1-4-25-21-8-6-5-7-18(21)19-13-16(9-11-22(19)25)15-24-20-14-17(26-2)10-12-23(20)27-3/h5-15H,4H2,1-3H3. The molecule has 136 valence electrons. The Bertz CT molecular complexity index is 1140. The van der Waals surface area contributed by atoms with Gasteiger partial charge in [-0.1, -0.05) is 24.3 Å². The van der Waals surface area contributed by atoms with Crippen molar-refractivity contribution in [3.8, 4) is 11.5 Å². The van der Waals surface area contributed by atoms with E-state index in [2.05, 4.69) is 58.9 Å². The van der Waals surface area contributed by atoms with Crippen molar-refractivity contribution in [1.82, 2.24) is 4.57 Å². The average Bonchev–Trinajstić information content (AvgIpc) is 3.05. The van der Waals surface area contributed by atoms with Crippen LogP contribution in [0.25, 0.3) is 21.8 Å². The third-order valence-corrected chi connectivity index (χ3v) is 4.85. The predicted octanol–water partition coefficient (Wildman–Crippen LogP) is 5.58. The molecule has 0 bridgehead atoms. The van der Waals surface area contributed by atoms with Crippen molar-refractivity contribution in [3.05, 3.63) is 66.2 Å². The van der Waals surface area contributed by atoms with Crippen LogP contribution in [0.4, 0.5) is 5.69 Å². The molecule has 0 amide bonds. The Morgan fingerprint density at radius 1 is 0.889 bits per heavy atom. The normalized spacial score (nSPS) is 11.5. The number of aromatic nitrogens is 1. The van der Waals surface area contributed by atoms with E-state index in [-0.39, 0.29) is 0 Å². The Labute approximate surface area is 158 Å². The minimum absolute atomic E-state index is 0.718. The van der Waals surface area contributed by atoms with E-state index in [0.717, 1.165) is 29.3 Å². The lowest BCUT2D eigenvalue weighted by Gasteiger charge is -2.06. The quantitative estimate of drug-likeness (QED) is 0.436. The van der Waals surface area contributed by atoms with Crippen LogP contribution in [0.5, 0.6) is 11.5 Å². The fourth-order valence-corrected chi connectivity index (χ4v) is 3.53. The predicted molar refractivity (Wildman–Crippen MR) is 112 cm³/mol. The molecule has 4 aromatic rings. The molecule has 0 saturated heterocycles. The van der Waals surface area contributed by atoms with Gasteiger partial charge in [0.2, 0.25) is 0 Å². The molecule has 0 aliphatic rings. The molecule has 1 heterocycles. The van der Waals surface area contributed by atoms with Crippen LogP contribution in [0.15, 0.2) is 65.7 Å². The number of nitrogens with zero attached hydrogens (tertiary/aromatic N) is 2. The molecule has 0 radical (unpaired) electrons. The molecule has 27 heavy (non-hydrogen) atoms. The minimum Gasteiger partial charge on any atom is -0.497 e. The van der Waals surface area contributed by atoms with E-state index in [1.54, 1.807) is 14.2 Å². The van der Waals surface area contributed by atoms with Crippen LogP contribution in [0, 0.1) is 0 Å². The Kier molecular flexibility index (Phi) is 4.55.